The van der Waals surface area contributed by atoms with E-state index in [1.54, 1.807) is 11.0 Å². The van der Waals surface area contributed by atoms with Crippen LogP contribution in [-0.4, -0.2) is 47.1 Å². The molecule has 3 rings (SSSR count). The molecule has 21 heavy (non-hydrogen) atoms. The van der Waals surface area contributed by atoms with Crippen LogP contribution in [0.4, 0.5) is 0 Å². The van der Waals surface area contributed by atoms with Crippen molar-refractivity contribution in [3.8, 4) is 11.8 Å². The molecule has 0 aliphatic carbocycles. The van der Waals surface area contributed by atoms with Crippen molar-refractivity contribution < 1.29 is 18.7 Å². The molecule has 0 saturated carbocycles. The highest BCUT2D eigenvalue weighted by atomic mass is 16.5. The van der Waals surface area contributed by atoms with Gasteiger partial charge in [0, 0.05) is 13.0 Å². The van der Waals surface area contributed by atoms with Crippen molar-refractivity contribution in [1.29, 1.82) is 0 Å². The van der Waals surface area contributed by atoms with Gasteiger partial charge in [-0.05, 0) is 6.07 Å². The molecule has 3 heterocycles. The zero-order valence-electron chi connectivity index (χ0n) is 11.6. The molecule has 0 bridgehead atoms. The molecule has 1 aliphatic rings. The minimum atomic E-state index is -0.0951. The molecule has 1 amide bonds. The summed E-state index contributed by atoms with van der Waals surface area (Å²) in [5.41, 5.74) is 0.553. The molecule has 1 fully saturated rings. The molecule has 7 heteroatoms. The van der Waals surface area contributed by atoms with E-state index in [0.717, 1.165) is 6.42 Å². The van der Waals surface area contributed by atoms with E-state index in [1.807, 2.05) is 0 Å². The van der Waals surface area contributed by atoms with Gasteiger partial charge in [0.05, 0.1) is 37.9 Å². The fraction of sp³-hybridized carbons (Fsp3) is 0.357. The Labute approximate surface area is 121 Å². The largest absolute Gasteiger partial charge is 0.480 e. The first-order valence-corrected chi connectivity index (χ1v) is 6.60. The van der Waals surface area contributed by atoms with E-state index in [1.165, 1.54) is 32.0 Å². The first-order chi connectivity index (χ1) is 10.3. The highest BCUT2D eigenvalue weighted by molar-refractivity contribution is 5.94. The van der Waals surface area contributed by atoms with Crippen molar-refractivity contribution in [2.24, 2.45) is 0 Å². The molecule has 1 saturated heterocycles. The lowest BCUT2D eigenvalue weighted by molar-refractivity contribution is 0.0770. The first-order valence-electron chi connectivity index (χ1n) is 6.60. The summed E-state index contributed by atoms with van der Waals surface area (Å²) in [6.45, 7) is 1.16. The number of ether oxygens (including phenoxy) is 2. The molecular formula is C14H15N3O4. The molecule has 1 atom stereocenters. The van der Waals surface area contributed by atoms with Gasteiger partial charge >= 0.3 is 0 Å². The topological polar surface area (TPSA) is 77.7 Å². The minimum absolute atomic E-state index is 0.0495. The smallest absolute Gasteiger partial charge is 0.257 e. The van der Waals surface area contributed by atoms with Crippen LogP contribution in [0.1, 0.15) is 16.8 Å². The lowest BCUT2D eigenvalue weighted by Gasteiger charge is -2.16. The van der Waals surface area contributed by atoms with Crippen LogP contribution < -0.4 is 9.47 Å². The third kappa shape index (κ3) is 2.96. The van der Waals surface area contributed by atoms with Gasteiger partial charge in [-0.3, -0.25) is 9.78 Å². The first kappa shape index (κ1) is 13.4. The van der Waals surface area contributed by atoms with E-state index < -0.39 is 0 Å². The highest BCUT2D eigenvalue weighted by Crippen LogP contribution is 2.19. The number of carbonyl (C=O) groups excluding carboxylic acids is 1. The average Bonchev–Trinajstić information content (AvgIpc) is 3.18. The monoisotopic (exact) mass is 289 g/mol. The van der Waals surface area contributed by atoms with Gasteiger partial charge in [-0.25, -0.2) is 0 Å². The maximum absolute atomic E-state index is 12.2. The fourth-order valence-corrected chi connectivity index (χ4v) is 2.23. The van der Waals surface area contributed by atoms with Gasteiger partial charge in [0.15, 0.2) is 0 Å². The minimum Gasteiger partial charge on any atom is -0.480 e. The Morgan fingerprint density at radius 2 is 2.29 bits per heavy atom. The summed E-state index contributed by atoms with van der Waals surface area (Å²) in [6, 6.07) is 1.66. The summed E-state index contributed by atoms with van der Waals surface area (Å²) in [5.74, 6) is 0.750. The Kier molecular flexibility index (Phi) is 3.72. The van der Waals surface area contributed by atoms with Gasteiger partial charge in [0.25, 0.3) is 5.91 Å². The standard InChI is InChI=1S/C14H15N3O4/c1-19-12-6-15-7-13(16-12)21-11-2-4-17(8-11)14(18)10-3-5-20-9-10/h3,5-7,9,11H,2,4,8H2,1H3/t11-/m1/s1. The van der Waals surface area contributed by atoms with Gasteiger partial charge in [0.1, 0.15) is 12.4 Å². The maximum Gasteiger partial charge on any atom is 0.257 e. The van der Waals surface area contributed by atoms with E-state index >= 15 is 0 Å². The zero-order chi connectivity index (χ0) is 14.7. The molecule has 0 spiro atoms. The molecule has 2 aromatic heterocycles. The SMILES string of the molecule is COc1cncc(O[C@@H]2CCN(C(=O)c3ccoc3)C2)n1. The second-order valence-corrected chi connectivity index (χ2v) is 4.69. The third-order valence-corrected chi connectivity index (χ3v) is 3.29. The van der Waals surface area contributed by atoms with Crippen LogP contribution in [0.3, 0.4) is 0 Å². The summed E-state index contributed by atoms with van der Waals surface area (Å²) >= 11 is 0. The summed E-state index contributed by atoms with van der Waals surface area (Å²) in [7, 11) is 1.52. The number of likely N-dealkylation sites (tertiary alicyclic amines) is 1. The molecule has 0 N–H and O–H groups in total. The van der Waals surface area contributed by atoms with E-state index in [4.69, 9.17) is 13.9 Å². The molecule has 7 nitrogen and oxygen atoms in total. The normalized spacial score (nSPS) is 17.8. The molecule has 0 unspecified atom stereocenters. The van der Waals surface area contributed by atoms with Crippen LogP contribution >= 0.6 is 0 Å². The number of furan rings is 1. The van der Waals surface area contributed by atoms with Gasteiger partial charge < -0.3 is 18.8 Å². The third-order valence-electron chi connectivity index (χ3n) is 3.29. The zero-order valence-corrected chi connectivity index (χ0v) is 11.6. The Morgan fingerprint density at radius 3 is 3.05 bits per heavy atom. The summed E-state index contributed by atoms with van der Waals surface area (Å²) in [4.78, 5) is 22.0. The number of carbonyl (C=O) groups is 1. The lowest BCUT2D eigenvalue weighted by atomic mass is 10.3. The number of amides is 1. The molecular weight excluding hydrogens is 274 g/mol. The van der Waals surface area contributed by atoms with Crippen LogP contribution in [0.15, 0.2) is 35.4 Å². The van der Waals surface area contributed by atoms with Crippen molar-refractivity contribution in [3.63, 3.8) is 0 Å². The van der Waals surface area contributed by atoms with E-state index in [2.05, 4.69) is 9.97 Å². The van der Waals surface area contributed by atoms with Crippen LogP contribution in [-0.2, 0) is 0 Å². The predicted octanol–water partition coefficient (Wildman–Crippen LogP) is 1.37. The fourth-order valence-electron chi connectivity index (χ4n) is 2.23. The maximum atomic E-state index is 12.2. The van der Waals surface area contributed by atoms with Gasteiger partial charge in [-0.15, -0.1) is 0 Å². The average molecular weight is 289 g/mol. The molecule has 0 aromatic carbocycles. The van der Waals surface area contributed by atoms with E-state index in [0.29, 0.717) is 30.4 Å². The Balaban J connectivity index is 1.60. The number of rotatable bonds is 4. The number of hydrogen-bond donors (Lipinski definition) is 0. The Hall–Kier alpha value is -2.57. The van der Waals surface area contributed by atoms with Crippen molar-refractivity contribution in [1.82, 2.24) is 14.9 Å². The van der Waals surface area contributed by atoms with Gasteiger partial charge in [-0.2, -0.15) is 4.98 Å². The summed E-state index contributed by atoms with van der Waals surface area (Å²) < 4.78 is 15.7. The quantitative estimate of drug-likeness (QED) is 0.846. The second kappa shape index (κ2) is 5.82. The van der Waals surface area contributed by atoms with Crippen LogP contribution in [0.5, 0.6) is 11.8 Å². The molecule has 110 valence electrons. The summed E-state index contributed by atoms with van der Waals surface area (Å²) in [6.07, 6.45) is 6.64. The van der Waals surface area contributed by atoms with Crippen molar-refractivity contribution in [2.45, 2.75) is 12.5 Å². The highest BCUT2D eigenvalue weighted by Gasteiger charge is 2.29. The number of nitrogens with zero attached hydrogens (tertiary/aromatic N) is 3. The lowest BCUT2D eigenvalue weighted by Crippen LogP contribution is -2.30. The van der Waals surface area contributed by atoms with Crippen LogP contribution in [0.25, 0.3) is 0 Å². The molecule has 1 aliphatic heterocycles. The van der Waals surface area contributed by atoms with Crippen LogP contribution in [0.2, 0.25) is 0 Å². The number of aromatic nitrogens is 2. The van der Waals surface area contributed by atoms with Crippen molar-refractivity contribution >= 4 is 5.91 Å². The molecule has 0 radical (unpaired) electrons. The number of methoxy groups -OCH3 is 1. The van der Waals surface area contributed by atoms with E-state index in [-0.39, 0.29) is 12.0 Å². The van der Waals surface area contributed by atoms with Crippen molar-refractivity contribution in [2.75, 3.05) is 20.2 Å². The van der Waals surface area contributed by atoms with Crippen LogP contribution in [0, 0.1) is 0 Å². The second-order valence-electron chi connectivity index (χ2n) is 4.69. The number of hydrogen-bond acceptors (Lipinski definition) is 6. The summed E-state index contributed by atoms with van der Waals surface area (Å²) in [5, 5.41) is 0. The van der Waals surface area contributed by atoms with Gasteiger partial charge in [0.2, 0.25) is 11.8 Å². The van der Waals surface area contributed by atoms with Crippen molar-refractivity contribution in [3.05, 3.63) is 36.5 Å². The molecule has 2 aromatic rings. The predicted molar refractivity (Wildman–Crippen MR) is 72.2 cm³/mol. The van der Waals surface area contributed by atoms with Gasteiger partial charge in [-0.1, -0.05) is 0 Å². The van der Waals surface area contributed by atoms with E-state index in [9.17, 15) is 4.79 Å². The Bertz CT molecular complexity index is 614. The Morgan fingerprint density at radius 1 is 1.43 bits per heavy atom.